The molecule has 0 aromatic heterocycles. The quantitative estimate of drug-likeness (QED) is 0.0521. The summed E-state index contributed by atoms with van der Waals surface area (Å²) in [5.74, 6) is 0.853. The predicted octanol–water partition coefficient (Wildman–Crippen LogP) is 13.2. The third-order valence-electron chi connectivity index (χ3n) is 8.07. The van der Waals surface area contributed by atoms with E-state index < -0.39 is 10.9 Å². The van der Waals surface area contributed by atoms with Crippen molar-refractivity contribution in [2.24, 2.45) is 0 Å². The first-order valence-corrected chi connectivity index (χ1v) is 20.8. The summed E-state index contributed by atoms with van der Waals surface area (Å²) in [4.78, 5) is 2.27. The van der Waals surface area contributed by atoms with Gasteiger partial charge in [0.05, 0.1) is 29.2 Å². The smallest absolute Gasteiger partial charge is 0.0895 e. The summed E-state index contributed by atoms with van der Waals surface area (Å²) < 4.78 is 20.9. The van der Waals surface area contributed by atoms with Gasteiger partial charge in [-0.25, -0.2) is 0 Å². The first kappa shape index (κ1) is 44.4. The van der Waals surface area contributed by atoms with Crippen LogP contribution in [0, 0.1) is 0 Å². The molecule has 45 heavy (non-hydrogen) atoms. The van der Waals surface area contributed by atoms with Gasteiger partial charge in [-0.3, -0.25) is 12.5 Å². The van der Waals surface area contributed by atoms with E-state index in [4.69, 9.17) is 12.5 Å². The summed E-state index contributed by atoms with van der Waals surface area (Å²) in [6.07, 6.45) is 39.2. The standard InChI is InChI=1S/C40H79NO3S/c1-9-12-15-18-21-24-28-33-38(4)42-45(37-32-27-31-36-41(7)8,43-39(5)34-29-25-22-19-16-13-10-2)44-40(6)35-30-26-23-20-17-14-11-3/h21-26,38-40H,9-20,27-37H2,1-8H3/b24-21-,25-22-,26-23-. The molecule has 5 heteroatoms. The zero-order valence-corrected chi connectivity index (χ0v) is 32.4. The Hall–Kier alpha value is -0.590. The molecule has 3 atom stereocenters. The lowest BCUT2D eigenvalue weighted by atomic mass is 10.1. The minimum absolute atomic E-state index is 0.0957. The molecule has 0 aliphatic rings. The molecule has 0 saturated carbocycles. The average molecular weight is 654 g/mol. The summed E-state index contributed by atoms with van der Waals surface area (Å²) >= 11 is 0. The molecule has 0 heterocycles. The summed E-state index contributed by atoms with van der Waals surface area (Å²) in [5, 5.41) is 0. The molecule has 3 unspecified atom stereocenters. The second-order valence-corrected chi connectivity index (χ2v) is 15.6. The minimum Gasteiger partial charge on any atom is -0.309 e. The van der Waals surface area contributed by atoms with Crippen LogP contribution in [0.3, 0.4) is 0 Å². The lowest BCUT2D eigenvalue weighted by Crippen LogP contribution is -2.27. The van der Waals surface area contributed by atoms with Crippen molar-refractivity contribution in [2.45, 2.75) is 195 Å². The molecule has 4 nitrogen and oxygen atoms in total. The van der Waals surface area contributed by atoms with Crippen LogP contribution in [0.5, 0.6) is 0 Å². The van der Waals surface area contributed by atoms with E-state index in [1.807, 2.05) is 0 Å². The molecule has 0 rings (SSSR count). The van der Waals surface area contributed by atoms with Crippen LogP contribution >= 0.6 is 10.9 Å². The Bertz CT molecular complexity index is 629. The maximum atomic E-state index is 6.95. The van der Waals surface area contributed by atoms with E-state index in [9.17, 15) is 0 Å². The van der Waals surface area contributed by atoms with Crippen molar-refractivity contribution in [1.82, 2.24) is 4.90 Å². The largest absolute Gasteiger partial charge is 0.309 e. The van der Waals surface area contributed by atoms with Crippen LogP contribution < -0.4 is 0 Å². The monoisotopic (exact) mass is 654 g/mol. The number of hydrogen-bond donors (Lipinski definition) is 0. The first-order valence-electron chi connectivity index (χ1n) is 19.2. The lowest BCUT2D eigenvalue weighted by Gasteiger charge is -2.43. The van der Waals surface area contributed by atoms with E-state index in [0.29, 0.717) is 0 Å². The molecule has 0 aliphatic carbocycles. The first-order chi connectivity index (χ1) is 21.8. The van der Waals surface area contributed by atoms with Crippen molar-refractivity contribution in [3.63, 3.8) is 0 Å². The molecule has 0 N–H and O–H groups in total. The van der Waals surface area contributed by atoms with E-state index in [2.05, 4.69) is 97.0 Å². The molecule has 0 radical (unpaired) electrons. The molecular weight excluding hydrogens is 575 g/mol. The van der Waals surface area contributed by atoms with E-state index in [1.54, 1.807) is 0 Å². The molecule has 268 valence electrons. The third kappa shape index (κ3) is 29.3. The zero-order chi connectivity index (χ0) is 33.4. The lowest BCUT2D eigenvalue weighted by molar-refractivity contribution is 0.0816. The molecule has 0 aromatic carbocycles. The van der Waals surface area contributed by atoms with Gasteiger partial charge in [-0.15, -0.1) is 0 Å². The van der Waals surface area contributed by atoms with Crippen LogP contribution in [-0.2, 0) is 12.5 Å². The fourth-order valence-corrected chi connectivity index (χ4v) is 8.00. The van der Waals surface area contributed by atoms with Gasteiger partial charge >= 0.3 is 0 Å². The maximum absolute atomic E-state index is 6.95. The Morgan fingerprint density at radius 2 is 0.822 bits per heavy atom. The normalized spacial score (nSPS) is 16.6. The van der Waals surface area contributed by atoms with Gasteiger partial charge in [-0.2, -0.15) is 0 Å². The van der Waals surface area contributed by atoms with Crippen LogP contribution in [0.25, 0.3) is 0 Å². The Morgan fingerprint density at radius 3 is 1.16 bits per heavy atom. The van der Waals surface area contributed by atoms with Crippen molar-refractivity contribution in [3.05, 3.63) is 36.5 Å². The third-order valence-corrected chi connectivity index (χ3v) is 10.7. The molecule has 0 aromatic rings. The van der Waals surface area contributed by atoms with Gasteiger partial charge in [0.25, 0.3) is 0 Å². The number of hydrogen-bond acceptors (Lipinski definition) is 4. The Morgan fingerprint density at radius 1 is 0.467 bits per heavy atom. The van der Waals surface area contributed by atoms with Gasteiger partial charge in [-0.05, 0) is 131 Å². The molecular formula is C40H79NO3S. The SMILES string of the molecule is CCCCC/C=C\CCC(C)OS(CCCCCN(C)C)(OC(C)CC/C=C\CCCCC)OC(C)CC/C=C\CCCCC. The number of nitrogens with zero attached hydrogens (tertiary/aromatic N) is 1. The van der Waals surface area contributed by atoms with Gasteiger partial charge in [-0.1, -0.05) is 102 Å². The van der Waals surface area contributed by atoms with Crippen LogP contribution in [0.4, 0.5) is 0 Å². The van der Waals surface area contributed by atoms with Crippen molar-refractivity contribution in [3.8, 4) is 0 Å². The molecule has 0 fully saturated rings. The van der Waals surface area contributed by atoms with E-state index in [-0.39, 0.29) is 18.3 Å². The molecule has 0 saturated heterocycles. The minimum atomic E-state index is -2.14. The highest BCUT2D eigenvalue weighted by molar-refractivity contribution is 8.21. The predicted molar refractivity (Wildman–Crippen MR) is 204 cm³/mol. The van der Waals surface area contributed by atoms with Gasteiger partial charge in [0.1, 0.15) is 0 Å². The van der Waals surface area contributed by atoms with Gasteiger partial charge in [0, 0.05) is 5.75 Å². The molecule has 0 amide bonds. The Kier molecular flexibility index (Phi) is 31.6. The van der Waals surface area contributed by atoms with Crippen LogP contribution in [0.2, 0.25) is 0 Å². The van der Waals surface area contributed by atoms with Gasteiger partial charge in [0.2, 0.25) is 0 Å². The van der Waals surface area contributed by atoms with Crippen molar-refractivity contribution < 1.29 is 12.5 Å². The van der Waals surface area contributed by atoms with Crippen molar-refractivity contribution in [1.29, 1.82) is 0 Å². The van der Waals surface area contributed by atoms with Gasteiger partial charge in [0.15, 0.2) is 0 Å². The summed E-state index contributed by atoms with van der Waals surface area (Å²) in [6, 6.07) is 0. The second kappa shape index (κ2) is 32.0. The fourth-order valence-electron chi connectivity index (χ4n) is 5.23. The van der Waals surface area contributed by atoms with E-state index in [1.165, 1.54) is 89.9 Å². The highest BCUT2D eigenvalue weighted by atomic mass is 32.3. The van der Waals surface area contributed by atoms with Crippen LogP contribution in [0.15, 0.2) is 36.5 Å². The summed E-state index contributed by atoms with van der Waals surface area (Å²) in [5.41, 5.74) is 0. The van der Waals surface area contributed by atoms with Crippen molar-refractivity contribution >= 4 is 10.9 Å². The topological polar surface area (TPSA) is 30.9 Å². The fraction of sp³-hybridized carbons (Fsp3) is 0.850. The molecule has 0 bridgehead atoms. The van der Waals surface area contributed by atoms with E-state index >= 15 is 0 Å². The molecule has 0 aliphatic heterocycles. The average Bonchev–Trinajstić information content (AvgIpc) is 2.99. The van der Waals surface area contributed by atoms with E-state index in [0.717, 1.165) is 57.2 Å². The Balaban J connectivity index is 5.52. The number of allylic oxidation sites excluding steroid dienone is 6. The zero-order valence-electron chi connectivity index (χ0n) is 31.5. The van der Waals surface area contributed by atoms with Crippen LogP contribution in [-0.4, -0.2) is 49.6 Å². The number of rotatable bonds is 33. The van der Waals surface area contributed by atoms with Crippen molar-refractivity contribution in [2.75, 3.05) is 26.4 Å². The Labute approximate surface area is 285 Å². The number of unbranched alkanes of at least 4 members (excludes halogenated alkanes) is 11. The highest BCUT2D eigenvalue weighted by Gasteiger charge is 2.33. The van der Waals surface area contributed by atoms with Gasteiger partial charge < -0.3 is 4.90 Å². The highest BCUT2D eigenvalue weighted by Crippen LogP contribution is 2.56. The summed E-state index contributed by atoms with van der Waals surface area (Å²) in [7, 11) is 2.17. The second-order valence-electron chi connectivity index (χ2n) is 13.5. The molecule has 0 spiro atoms. The summed E-state index contributed by atoms with van der Waals surface area (Å²) in [6.45, 7) is 14.6. The maximum Gasteiger partial charge on any atom is 0.0895 e. The van der Waals surface area contributed by atoms with Crippen LogP contribution in [0.1, 0.15) is 176 Å².